The number of carbonyl (C=O) groups excluding carboxylic acids is 2. The molecular weight excluding hydrogens is 342 g/mol. The quantitative estimate of drug-likeness (QED) is 0.896. The number of amides is 2. The van der Waals surface area contributed by atoms with Crippen LogP contribution in [0.1, 0.15) is 42.9 Å². The van der Waals surface area contributed by atoms with Crippen LogP contribution in [0.3, 0.4) is 0 Å². The van der Waals surface area contributed by atoms with Crippen LogP contribution in [0.2, 0.25) is 0 Å². The Kier molecular flexibility index (Phi) is 4.92. The smallest absolute Gasteiger partial charge is 0.227 e. The highest BCUT2D eigenvalue weighted by Crippen LogP contribution is 2.25. The van der Waals surface area contributed by atoms with Crippen molar-refractivity contribution >= 4 is 17.5 Å². The molecule has 0 bridgehead atoms. The summed E-state index contributed by atoms with van der Waals surface area (Å²) in [6.07, 6.45) is 4.66. The molecule has 1 atom stereocenters. The Morgan fingerprint density at radius 3 is 2.81 bits per heavy atom. The molecule has 2 aliphatic rings. The predicted octanol–water partition coefficient (Wildman–Crippen LogP) is 1.98. The fraction of sp³-hybridized carbons (Fsp3) is 0.500. The number of carbonyl (C=O) groups is 2. The number of hydrogen-bond donors (Lipinski definition) is 1. The van der Waals surface area contributed by atoms with Crippen LogP contribution in [0.5, 0.6) is 0 Å². The number of aryl methyl sites for hydroxylation is 2. The lowest BCUT2D eigenvalue weighted by Gasteiger charge is -2.17. The molecule has 1 N–H and O–H groups in total. The first-order valence-corrected chi connectivity index (χ1v) is 9.67. The Labute approximate surface area is 158 Å². The van der Waals surface area contributed by atoms with E-state index in [0.717, 1.165) is 48.7 Å². The summed E-state index contributed by atoms with van der Waals surface area (Å²) in [4.78, 5) is 26.7. The van der Waals surface area contributed by atoms with Gasteiger partial charge in [0.2, 0.25) is 11.8 Å². The van der Waals surface area contributed by atoms with Gasteiger partial charge in [0.25, 0.3) is 0 Å². The van der Waals surface area contributed by atoms with E-state index in [1.807, 2.05) is 31.2 Å². The average molecular weight is 367 g/mol. The lowest BCUT2D eigenvalue weighted by Crippen LogP contribution is -2.33. The molecule has 2 aromatic rings. The normalized spacial score (nSPS) is 19.7. The molecule has 1 aromatic carbocycles. The van der Waals surface area contributed by atoms with Gasteiger partial charge in [-0.3, -0.25) is 9.59 Å². The second kappa shape index (κ2) is 7.50. The molecule has 1 aromatic heterocycles. The van der Waals surface area contributed by atoms with Gasteiger partial charge in [-0.25, -0.2) is 0 Å². The summed E-state index contributed by atoms with van der Waals surface area (Å²) < 4.78 is 2.13. The van der Waals surface area contributed by atoms with Crippen molar-refractivity contribution in [3.05, 3.63) is 41.5 Å². The highest BCUT2D eigenvalue weighted by molar-refractivity contribution is 6.00. The van der Waals surface area contributed by atoms with Crippen molar-refractivity contribution in [1.82, 2.24) is 20.1 Å². The van der Waals surface area contributed by atoms with Gasteiger partial charge >= 0.3 is 0 Å². The van der Waals surface area contributed by atoms with Crippen LogP contribution in [-0.4, -0.2) is 33.1 Å². The summed E-state index contributed by atoms with van der Waals surface area (Å²) in [5.41, 5.74) is 2.00. The fourth-order valence-electron chi connectivity index (χ4n) is 3.84. The number of fused-ring (bicyclic) bond motifs is 1. The number of nitrogens with zero attached hydrogens (tertiary/aromatic N) is 4. The largest absolute Gasteiger partial charge is 0.348 e. The first-order valence-electron chi connectivity index (χ1n) is 9.67. The van der Waals surface area contributed by atoms with Crippen LogP contribution in [0, 0.1) is 12.8 Å². The Hall–Kier alpha value is -2.70. The van der Waals surface area contributed by atoms with Crippen LogP contribution in [0.4, 0.5) is 5.69 Å². The molecule has 27 heavy (non-hydrogen) atoms. The summed E-state index contributed by atoms with van der Waals surface area (Å²) in [5, 5.41) is 11.5. The second-order valence-corrected chi connectivity index (χ2v) is 7.45. The van der Waals surface area contributed by atoms with E-state index in [-0.39, 0.29) is 24.2 Å². The van der Waals surface area contributed by atoms with E-state index in [2.05, 4.69) is 20.1 Å². The lowest BCUT2D eigenvalue weighted by molar-refractivity contribution is -0.126. The maximum absolute atomic E-state index is 12.6. The van der Waals surface area contributed by atoms with E-state index in [9.17, 15) is 9.59 Å². The van der Waals surface area contributed by atoms with E-state index < -0.39 is 0 Å². The molecule has 2 amide bonds. The van der Waals surface area contributed by atoms with Crippen LogP contribution >= 0.6 is 0 Å². The number of nitrogens with one attached hydrogen (secondary N) is 1. The van der Waals surface area contributed by atoms with Gasteiger partial charge in [0, 0.05) is 31.6 Å². The van der Waals surface area contributed by atoms with E-state index in [0.29, 0.717) is 13.1 Å². The molecule has 0 saturated carbocycles. The van der Waals surface area contributed by atoms with Gasteiger partial charge in [-0.2, -0.15) is 0 Å². The molecule has 2 aliphatic heterocycles. The molecule has 1 saturated heterocycles. The fourth-order valence-corrected chi connectivity index (χ4v) is 3.84. The standard InChI is InChI=1S/C20H25N5O2/c1-14-6-8-16(9-7-14)25-13-15(11-19(25)26)20(27)21-12-18-23-22-17-5-3-2-4-10-24(17)18/h6-9,15H,2-5,10-13H2,1H3,(H,21,27)/t15-/m0/s1. The average Bonchev–Trinajstić information content (AvgIpc) is 3.15. The molecule has 3 heterocycles. The highest BCUT2D eigenvalue weighted by Gasteiger charge is 2.35. The van der Waals surface area contributed by atoms with E-state index in [4.69, 9.17) is 0 Å². The third-order valence-corrected chi connectivity index (χ3v) is 5.45. The molecule has 0 unspecified atom stereocenters. The number of aromatic nitrogens is 3. The molecular formula is C20H25N5O2. The first-order chi connectivity index (χ1) is 13.1. The molecule has 0 spiro atoms. The number of anilines is 1. The van der Waals surface area contributed by atoms with Crippen LogP contribution in [0.25, 0.3) is 0 Å². The molecule has 7 nitrogen and oxygen atoms in total. The topological polar surface area (TPSA) is 80.1 Å². The zero-order chi connectivity index (χ0) is 18.8. The zero-order valence-corrected chi connectivity index (χ0v) is 15.6. The van der Waals surface area contributed by atoms with E-state index >= 15 is 0 Å². The zero-order valence-electron chi connectivity index (χ0n) is 15.6. The van der Waals surface area contributed by atoms with Crippen molar-refractivity contribution in [2.45, 2.75) is 52.1 Å². The summed E-state index contributed by atoms with van der Waals surface area (Å²) >= 11 is 0. The van der Waals surface area contributed by atoms with Gasteiger partial charge in [0.05, 0.1) is 12.5 Å². The van der Waals surface area contributed by atoms with Gasteiger partial charge in [-0.15, -0.1) is 10.2 Å². The Bertz CT molecular complexity index is 843. The van der Waals surface area contributed by atoms with Gasteiger partial charge in [0.15, 0.2) is 5.82 Å². The number of benzene rings is 1. The predicted molar refractivity (Wildman–Crippen MR) is 101 cm³/mol. The van der Waals surface area contributed by atoms with Gasteiger partial charge in [0.1, 0.15) is 5.82 Å². The third kappa shape index (κ3) is 3.72. The van der Waals surface area contributed by atoms with E-state index in [1.54, 1.807) is 4.90 Å². The summed E-state index contributed by atoms with van der Waals surface area (Å²) in [6.45, 7) is 3.71. The third-order valence-electron chi connectivity index (χ3n) is 5.45. The molecule has 1 fully saturated rings. The van der Waals surface area contributed by atoms with Gasteiger partial charge in [-0.05, 0) is 31.9 Å². The van der Waals surface area contributed by atoms with Crippen molar-refractivity contribution in [3.8, 4) is 0 Å². The molecule has 0 radical (unpaired) electrons. The summed E-state index contributed by atoms with van der Waals surface area (Å²) in [7, 11) is 0. The molecule has 0 aliphatic carbocycles. The number of rotatable bonds is 4. The lowest BCUT2D eigenvalue weighted by atomic mass is 10.1. The van der Waals surface area contributed by atoms with Crippen molar-refractivity contribution in [2.24, 2.45) is 5.92 Å². The Morgan fingerprint density at radius 1 is 1.19 bits per heavy atom. The maximum atomic E-state index is 12.6. The summed E-state index contributed by atoms with van der Waals surface area (Å²) in [5.74, 6) is 1.39. The van der Waals surface area contributed by atoms with Gasteiger partial charge in [-0.1, -0.05) is 24.1 Å². The molecule has 4 rings (SSSR count). The first kappa shape index (κ1) is 17.7. The molecule has 7 heteroatoms. The van der Waals surface area contributed by atoms with E-state index in [1.165, 1.54) is 6.42 Å². The maximum Gasteiger partial charge on any atom is 0.227 e. The molecule has 142 valence electrons. The van der Waals surface area contributed by atoms with Crippen LogP contribution < -0.4 is 10.2 Å². The minimum absolute atomic E-state index is 0.00431. The highest BCUT2D eigenvalue weighted by atomic mass is 16.2. The van der Waals surface area contributed by atoms with Crippen molar-refractivity contribution in [2.75, 3.05) is 11.4 Å². The van der Waals surface area contributed by atoms with Crippen LogP contribution in [0.15, 0.2) is 24.3 Å². The second-order valence-electron chi connectivity index (χ2n) is 7.45. The minimum atomic E-state index is -0.328. The van der Waals surface area contributed by atoms with Crippen molar-refractivity contribution in [3.63, 3.8) is 0 Å². The van der Waals surface area contributed by atoms with Crippen molar-refractivity contribution in [1.29, 1.82) is 0 Å². The van der Waals surface area contributed by atoms with Crippen LogP contribution in [-0.2, 0) is 29.1 Å². The number of hydrogen-bond acceptors (Lipinski definition) is 4. The monoisotopic (exact) mass is 367 g/mol. The Morgan fingerprint density at radius 2 is 2.00 bits per heavy atom. The SMILES string of the molecule is Cc1ccc(N2C[C@@H](C(=O)NCc3nnc4n3CCCCC4)CC2=O)cc1. The summed E-state index contributed by atoms with van der Waals surface area (Å²) in [6, 6.07) is 7.82. The van der Waals surface area contributed by atoms with Gasteiger partial charge < -0.3 is 14.8 Å². The minimum Gasteiger partial charge on any atom is -0.348 e. The van der Waals surface area contributed by atoms with Crippen molar-refractivity contribution < 1.29 is 9.59 Å². The Balaban J connectivity index is 1.37.